The van der Waals surface area contributed by atoms with Crippen molar-refractivity contribution in [2.75, 3.05) is 12.4 Å². The van der Waals surface area contributed by atoms with Gasteiger partial charge in [0.1, 0.15) is 22.6 Å². The van der Waals surface area contributed by atoms with Crippen LogP contribution >= 0.6 is 11.8 Å². The number of anilines is 1. The van der Waals surface area contributed by atoms with E-state index < -0.39 is 22.9 Å². The largest absolute Gasteiger partial charge is 0.497 e. The number of aliphatic imine (C=N–C) groups is 1. The van der Waals surface area contributed by atoms with Crippen LogP contribution in [0.4, 0.5) is 14.5 Å². The zero-order chi connectivity index (χ0) is 25.9. The minimum atomic E-state index is -0.738. The normalized spacial score (nSPS) is 19.0. The summed E-state index contributed by atoms with van der Waals surface area (Å²) in [5.74, 6) is -0.972. The lowest BCUT2D eigenvalue weighted by molar-refractivity contribution is -0.121. The fraction of sp³-hybridized carbons (Fsp3) is 0.185. The highest BCUT2D eigenvalue weighted by atomic mass is 32.2. The van der Waals surface area contributed by atoms with E-state index in [1.165, 1.54) is 30.3 Å². The van der Waals surface area contributed by atoms with Gasteiger partial charge in [-0.2, -0.15) is 10.1 Å². The fourth-order valence-corrected chi connectivity index (χ4v) is 5.20. The molecule has 1 N–H and O–H groups in total. The number of benzene rings is 3. The third-order valence-corrected chi connectivity index (χ3v) is 7.13. The molecule has 2 atom stereocenters. The highest BCUT2D eigenvalue weighted by Gasteiger charge is 2.39. The smallest absolute Gasteiger partial charge is 0.262 e. The molecule has 0 spiro atoms. The van der Waals surface area contributed by atoms with Crippen molar-refractivity contribution < 1.29 is 23.1 Å². The van der Waals surface area contributed by atoms with E-state index in [0.717, 1.165) is 34.3 Å². The molecule has 5 rings (SSSR count). The van der Waals surface area contributed by atoms with Crippen molar-refractivity contribution in [2.45, 2.75) is 24.1 Å². The Morgan fingerprint density at radius 3 is 2.54 bits per heavy atom. The summed E-state index contributed by atoms with van der Waals surface area (Å²) >= 11 is 1.15. The second-order valence-electron chi connectivity index (χ2n) is 8.49. The molecule has 0 aromatic heterocycles. The predicted octanol–water partition coefficient (Wildman–Crippen LogP) is 5.15. The Labute approximate surface area is 216 Å². The zero-order valence-electron chi connectivity index (χ0n) is 19.7. The number of nitrogens with one attached hydrogen (secondary N) is 1. The zero-order valence-corrected chi connectivity index (χ0v) is 20.5. The second-order valence-corrected chi connectivity index (χ2v) is 9.66. The number of hydrazone groups is 1. The number of rotatable bonds is 6. The molecule has 0 saturated heterocycles. The molecule has 0 fully saturated rings. The maximum atomic E-state index is 13.6. The number of carbonyl (C=O) groups is 2. The van der Waals surface area contributed by atoms with E-state index in [1.807, 2.05) is 24.3 Å². The van der Waals surface area contributed by atoms with Gasteiger partial charge in [-0.25, -0.2) is 13.8 Å². The van der Waals surface area contributed by atoms with Crippen molar-refractivity contribution in [2.24, 2.45) is 10.1 Å². The summed E-state index contributed by atoms with van der Waals surface area (Å²) in [6, 6.07) is 18.8. The van der Waals surface area contributed by atoms with E-state index in [2.05, 4.69) is 10.3 Å². The second kappa shape index (κ2) is 10.5. The molecule has 3 aromatic rings. The van der Waals surface area contributed by atoms with Crippen molar-refractivity contribution in [1.29, 1.82) is 0 Å². The van der Waals surface area contributed by atoms with Crippen LogP contribution in [0.15, 0.2) is 82.9 Å². The van der Waals surface area contributed by atoms with Crippen LogP contribution in [-0.4, -0.2) is 40.1 Å². The van der Waals surface area contributed by atoms with Gasteiger partial charge >= 0.3 is 0 Å². The highest BCUT2D eigenvalue weighted by molar-refractivity contribution is 8.15. The standard InChI is InChI=1S/C27H22F2N4O3S/c1-36-21-11-7-16(8-12-21)22-14-23(17-5-9-18(28)10-6-17)33(32-22)27-31-26(35)24(37-27)15-25(34)30-20-4-2-3-19(29)13-20/h2-13,23-24H,14-15H2,1H3,(H,30,34)/t23-,24-/m1/s1. The van der Waals surface area contributed by atoms with Gasteiger partial charge in [-0.1, -0.05) is 30.0 Å². The van der Waals surface area contributed by atoms with Crippen molar-refractivity contribution in [3.8, 4) is 5.75 Å². The van der Waals surface area contributed by atoms with Crippen LogP contribution in [0.2, 0.25) is 0 Å². The van der Waals surface area contributed by atoms with Gasteiger partial charge in [0.05, 0.1) is 18.9 Å². The molecule has 0 aliphatic carbocycles. The summed E-state index contributed by atoms with van der Waals surface area (Å²) in [5.41, 5.74) is 2.79. The van der Waals surface area contributed by atoms with Crippen molar-refractivity contribution in [1.82, 2.24) is 5.01 Å². The first kappa shape index (κ1) is 24.6. The molecular formula is C27H22F2N4O3S. The summed E-state index contributed by atoms with van der Waals surface area (Å²) in [7, 11) is 1.59. The first-order chi connectivity index (χ1) is 17.9. The van der Waals surface area contributed by atoms with Crippen LogP contribution in [0.1, 0.15) is 30.0 Å². The van der Waals surface area contributed by atoms with E-state index in [9.17, 15) is 18.4 Å². The molecule has 0 unspecified atom stereocenters. The van der Waals surface area contributed by atoms with Crippen LogP contribution < -0.4 is 10.1 Å². The molecule has 0 bridgehead atoms. The van der Waals surface area contributed by atoms with E-state index in [0.29, 0.717) is 17.3 Å². The number of amides is 2. The molecule has 3 aromatic carbocycles. The molecule has 37 heavy (non-hydrogen) atoms. The molecule has 7 nitrogen and oxygen atoms in total. The van der Waals surface area contributed by atoms with Crippen LogP contribution in [0.3, 0.4) is 0 Å². The molecule has 2 aliphatic rings. The van der Waals surface area contributed by atoms with Crippen LogP contribution in [0.25, 0.3) is 0 Å². The minimum Gasteiger partial charge on any atom is -0.497 e. The predicted molar refractivity (Wildman–Crippen MR) is 139 cm³/mol. The van der Waals surface area contributed by atoms with E-state index in [-0.39, 0.29) is 18.3 Å². The van der Waals surface area contributed by atoms with Gasteiger partial charge in [-0.05, 0) is 65.7 Å². The summed E-state index contributed by atoms with van der Waals surface area (Å²) in [6.07, 6.45) is 0.383. The lowest BCUT2D eigenvalue weighted by Gasteiger charge is -2.23. The number of carbonyl (C=O) groups excluding carboxylic acids is 2. The highest BCUT2D eigenvalue weighted by Crippen LogP contribution is 2.38. The number of ether oxygens (including phenoxy) is 1. The van der Waals surface area contributed by atoms with Crippen molar-refractivity contribution in [3.63, 3.8) is 0 Å². The fourth-order valence-electron chi connectivity index (χ4n) is 4.14. The molecule has 0 radical (unpaired) electrons. The number of thioether (sulfide) groups is 1. The van der Waals surface area contributed by atoms with Crippen LogP contribution in [-0.2, 0) is 9.59 Å². The number of methoxy groups -OCH3 is 1. The molecule has 2 heterocycles. The van der Waals surface area contributed by atoms with E-state index >= 15 is 0 Å². The average Bonchev–Trinajstić information content (AvgIpc) is 3.48. The Morgan fingerprint density at radius 1 is 1.08 bits per heavy atom. The Kier molecular flexibility index (Phi) is 7.00. The van der Waals surface area contributed by atoms with Crippen LogP contribution in [0, 0.1) is 11.6 Å². The Hall–Kier alpha value is -4.05. The first-order valence-electron chi connectivity index (χ1n) is 11.5. The quantitative estimate of drug-likeness (QED) is 0.486. The lowest BCUT2D eigenvalue weighted by Crippen LogP contribution is -2.25. The maximum Gasteiger partial charge on any atom is 0.262 e. The number of halogens is 2. The third kappa shape index (κ3) is 5.54. The maximum absolute atomic E-state index is 13.6. The number of hydrogen-bond donors (Lipinski definition) is 1. The van der Waals surface area contributed by atoms with E-state index in [1.54, 1.807) is 30.3 Å². The summed E-state index contributed by atoms with van der Waals surface area (Å²) in [4.78, 5) is 29.4. The Morgan fingerprint density at radius 2 is 1.84 bits per heavy atom. The van der Waals surface area contributed by atoms with Gasteiger partial charge < -0.3 is 10.1 Å². The minimum absolute atomic E-state index is 0.128. The number of hydrogen-bond acceptors (Lipinski definition) is 6. The molecule has 10 heteroatoms. The lowest BCUT2D eigenvalue weighted by atomic mass is 9.98. The monoisotopic (exact) mass is 520 g/mol. The molecule has 0 saturated carbocycles. The third-order valence-electron chi connectivity index (χ3n) is 5.99. The van der Waals surface area contributed by atoms with Gasteiger partial charge in [0.25, 0.3) is 5.91 Å². The van der Waals surface area contributed by atoms with Crippen LogP contribution in [0.5, 0.6) is 5.75 Å². The molecule has 2 amide bonds. The van der Waals surface area contributed by atoms with Gasteiger partial charge in [-0.3, -0.25) is 9.59 Å². The number of nitrogens with zero attached hydrogens (tertiary/aromatic N) is 3. The van der Waals surface area contributed by atoms with Gasteiger partial charge in [0.2, 0.25) is 5.91 Å². The first-order valence-corrected chi connectivity index (χ1v) is 12.4. The summed E-state index contributed by atoms with van der Waals surface area (Å²) in [5, 5.41) is 8.68. The van der Waals surface area contributed by atoms with Crippen molar-refractivity contribution >= 4 is 40.1 Å². The molecule has 2 aliphatic heterocycles. The van der Waals surface area contributed by atoms with Crippen molar-refractivity contribution in [3.05, 3.63) is 95.6 Å². The molecule has 188 valence electrons. The number of amidine groups is 1. The Bertz CT molecular complexity index is 1390. The SMILES string of the molecule is COc1ccc(C2=NN(C3=NC(=O)[C@@H](CC(=O)Nc4cccc(F)c4)S3)[C@@H](c3ccc(F)cc3)C2)cc1. The van der Waals surface area contributed by atoms with E-state index in [4.69, 9.17) is 9.84 Å². The summed E-state index contributed by atoms with van der Waals surface area (Å²) < 4.78 is 32.3. The molecular weight excluding hydrogens is 498 g/mol. The topological polar surface area (TPSA) is 83.4 Å². The van der Waals surface area contributed by atoms with Gasteiger partial charge in [0.15, 0.2) is 5.17 Å². The Balaban J connectivity index is 1.35. The van der Waals surface area contributed by atoms with Gasteiger partial charge in [-0.15, -0.1) is 0 Å². The van der Waals surface area contributed by atoms with Gasteiger partial charge in [0, 0.05) is 18.5 Å². The average molecular weight is 521 g/mol. The summed E-state index contributed by atoms with van der Waals surface area (Å²) in [6.45, 7) is 0.